The molecule has 60 valence electrons. The van der Waals surface area contributed by atoms with E-state index in [1.165, 1.54) is 23.3 Å². The number of aryl methyl sites for hydroxylation is 1. The maximum Gasteiger partial charge on any atom is 0.0418 e. The molecule has 0 amide bonds. The Morgan fingerprint density at radius 3 is 2.82 bits per heavy atom. The van der Waals surface area contributed by atoms with Crippen LogP contribution in [-0.2, 0) is 0 Å². The first-order valence-corrected chi connectivity index (χ1v) is 4.96. The molecule has 11 heavy (non-hydrogen) atoms. The van der Waals surface area contributed by atoms with Crippen LogP contribution in [0.1, 0.15) is 29.3 Å². The van der Waals surface area contributed by atoms with Crippen molar-refractivity contribution < 1.29 is 0 Å². The Bertz CT molecular complexity index is 250. The van der Waals surface area contributed by atoms with Crippen LogP contribution in [0.25, 0.3) is 0 Å². The molecule has 1 aliphatic rings. The molecule has 0 saturated heterocycles. The maximum atomic E-state index is 6.02. The Labute approximate surface area is 71.2 Å². The first-order valence-electron chi connectivity index (χ1n) is 4.08. The lowest BCUT2D eigenvalue weighted by Gasteiger charge is -2.05. The summed E-state index contributed by atoms with van der Waals surface area (Å²) in [7, 11) is 0. The van der Waals surface area contributed by atoms with E-state index in [0.717, 1.165) is 5.92 Å². The normalized spacial score (nSPS) is 20.2. The molecule has 0 radical (unpaired) electrons. The van der Waals surface area contributed by atoms with Crippen LogP contribution < -0.4 is 5.73 Å². The van der Waals surface area contributed by atoms with Crippen LogP contribution in [0.3, 0.4) is 0 Å². The van der Waals surface area contributed by atoms with E-state index in [1.54, 1.807) is 11.3 Å². The molecule has 0 aromatic carbocycles. The first-order chi connectivity index (χ1) is 5.27. The summed E-state index contributed by atoms with van der Waals surface area (Å²) in [5.41, 5.74) is 7.37. The second kappa shape index (κ2) is 2.61. The number of hydrogen-bond donors (Lipinski definition) is 1. The van der Waals surface area contributed by atoms with Crippen LogP contribution in [-0.4, -0.2) is 0 Å². The molecule has 0 aliphatic heterocycles. The third-order valence-corrected chi connectivity index (χ3v) is 3.36. The van der Waals surface area contributed by atoms with E-state index < -0.39 is 0 Å². The highest BCUT2D eigenvalue weighted by Gasteiger charge is 2.30. The number of rotatable bonds is 2. The van der Waals surface area contributed by atoms with E-state index in [2.05, 4.69) is 18.4 Å². The van der Waals surface area contributed by atoms with Crippen molar-refractivity contribution in [2.75, 3.05) is 0 Å². The second-order valence-electron chi connectivity index (χ2n) is 3.39. The van der Waals surface area contributed by atoms with Gasteiger partial charge < -0.3 is 5.73 Å². The van der Waals surface area contributed by atoms with E-state index in [-0.39, 0.29) is 0 Å². The quantitative estimate of drug-likeness (QED) is 0.719. The van der Waals surface area contributed by atoms with Crippen LogP contribution >= 0.6 is 11.3 Å². The van der Waals surface area contributed by atoms with Crippen molar-refractivity contribution in [2.24, 2.45) is 11.7 Å². The summed E-state index contributed by atoms with van der Waals surface area (Å²) in [6, 6.07) is 2.54. The minimum Gasteiger partial charge on any atom is -0.323 e. The molecule has 1 nitrogen and oxygen atoms in total. The molecular weight excluding hydrogens is 154 g/mol. The fourth-order valence-electron chi connectivity index (χ4n) is 1.32. The molecule has 1 aromatic heterocycles. The van der Waals surface area contributed by atoms with Crippen LogP contribution in [0.4, 0.5) is 0 Å². The van der Waals surface area contributed by atoms with Crippen molar-refractivity contribution >= 4 is 11.3 Å². The lowest BCUT2D eigenvalue weighted by Crippen LogP contribution is -2.10. The molecule has 2 rings (SSSR count). The Balaban J connectivity index is 2.14. The minimum atomic E-state index is 0.327. The molecular formula is C9H13NS. The van der Waals surface area contributed by atoms with Crippen LogP contribution in [0.5, 0.6) is 0 Å². The van der Waals surface area contributed by atoms with Crippen molar-refractivity contribution in [1.29, 1.82) is 0 Å². The molecule has 1 saturated carbocycles. The molecule has 2 N–H and O–H groups in total. The highest BCUT2D eigenvalue weighted by Crippen LogP contribution is 2.40. The van der Waals surface area contributed by atoms with Gasteiger partial charge in [-0.15, -0.1) is 11.3 Å². The van der Waals surface area contributed by atoms with Gasteiger partial charge in [-0.2, -0.15) is 0 Å². The van der Waals surface area contributed by atoms with Gasteiger partial charge >= 0.3 is 0 Å². The molecule has 0 unspecified atom stereocenters. The predicted molar refractivity (Wildman–Crippen MR) is 48.7 cm³/mol. The zero-order chi connectivity index (χ0) is 7.84. The second-order valence-corrected chi connectivity index (χ2v) is 4.33. The Morgan fingerprint density at radius 2 is 2.36 bits per heavy atom. The zero-order valence-corrected chi connectivity index (χ0v) is 7.53. The van der Waals surface area contributed by atoms with E-state index in [1.807, 2.05) is 0 Å². The molecule has 2 heteroatoms. The maximum absolute atomic E-state index is 6.02. The van der Waals surface area contributed by atoms with E-state index >= 15 is 0 Å². The third-order valence-electron chi connectivity index (χ3n) is 2.21. The smallest absolute Gasteiger partial charge is 0.0418 e. The van der Waals surface area contributed by atoms with Crippen molar-refractivity contribution in [3.05, 3.63) is 21.9 Å². The van der Waals surface area contributed by atoms with E-state index in [0.29, 0.717) is 6.04 Å². The topological polar surface area (TPSA) is 26.0 Å². The average Bonchev–Trinajstić information content (AvgIpc) is 2.74. The van der Waals surface area contributed by atoms with Gasteiger partial charge in [-0.3, -0.25) is 0 Å². The van der Waals surface area contributed by atoms with Gasteiger partial charge in [0, 0.05) is 10.9 Å². The van der Waals surface area contributed by atoms with Crippen LogP contribution in [0, 0.1) is 12.8 Å². The van der Waals surface area contributed by atoms with Gasteiger partial charge in [0.2, 0.25) is 0 Å². The van der Waals surface area contributed by atoms with E-state index in [9.17, 15) is 0 Å². The summed E-state index contributed by atoms with van der Waals surface area (Å²) in [6.45, 7) is 2.12. The minimum absolute atomic E-state index is 0.327. The summed E-state index contributed by atoms with van der Waals surface area (Å²) < 4.78 is 0. The standard InChI is InChI=1S/C9H13NS/c1-6-4-8(11-5-6)9(10)7-2-3-7/h4-5,7,9H,2-3,10H2,1H3/t9-/m0/s1. The fourth-order valence-corrected chi connectivity index (χ4v) is 2.31. The lowest BCUT2D eigenvalue weighted by atomic mass is 10.1. The summed E-state index contributed by atoms with van der Waals surface area (Å²) in [4.78, 5) is 1.37. The number of hydrogen-bond acceptors (Lipinski definition) is 2. The Kier molecular flexibility index (Phi) is 1.74. The third kappa shape index (κ3) is 1.47. The molecule has 0 bridgehead atoms. The van der Waals surface area contributed by atoms with Gasteiger partial charge in [-0.05, 0) is 42.7 Å². The SMILES string of the molecule is Cc1csc([C@@H](N)C2CC2)c1. The molecule has 1 aromatic rings. The van der Waals surface area contributed by atoms with Gasteiger partial charge in [-0.1, -0.05) is 0 Å². The van der Waals surface area contributed by atoms with Gasteiger partial charge in [0.15, 0.2) is 0 Å². The lowest BCUT2D eigenvalue weighted by molar-refractivity contribution is 0.644. The zero-order valence-electron chi connectivity index (χ0n) is 6.71. The van der Waals surface area contributed by atoms with Crippen molar-refractivity contribution in [1.82, 2.24) is 0 Å². The highest BCUT2D eigenvalue weighted by molar-refractivity contribution is 7.10. The van der Waals surface area contributed by atoms with Gasteiger partial charge in [0.25, 0.3) is 0 Å². The monoisotopic (exact) mass is 167 g/mol. The van der Waals surface area contributed by atoms with Gasteiger partial charge in [0.1, 0.15) is 0 Å². The Hall–Kier alpha value is -0.340. The molecule has 1 aliphatic carbocycles. The van der Waals surface area contributed by atoms with Crippen molar-refractivity contribution in [2.45, 2.75) is 25.8 Å². The fraction of sp³-hybridized carbons (Fsp3) is 0.556. The molecule has 0 spiro atoms. The molecule has 1 heterocycles. The van der Waals surface area contributed by atoms with Crippen molar-refractivity contribution in [3.63, 3.8) is 0 Å². The Morgan fingerprint density at radius 1 is 1.64 bits per heavy atom. The van der Waals surface area contributed by atoms with Crippen LogP contribution in [0.15, 0.2) is 11.4 Å². The number of thiophene rings is 1. The largest absolute Gasteiger partial charge is 0.323 e. The van der Waals surface area contributed by atoms with Crippen molar-refractivity contribution in [3.8, 4) is 0 Å². The number of nitrogens with two attached hydrogens (primary N) is 1. The average molecular weight is 167 g/mol. The summed E-state index contributed by atoms with van der Waals surface area (Å²) in [6.07, 6.45) is 2.66. The first kappa shape index (κ1) is 7.32. The summed E-state index contributed by atoms with van der Waals surface area (Å²) >= 11 is 1.80. The molecule has 1 atom stereocenters. The summed E-state index contributed by atoms with van der Waals surface area (Å²) in [5.74, 6) is 0.785. The molecule has 1 fully saturated rings. The van der Waals surface area contributed by atoms with E-state index in [4.69, 9.17) is 5.73 Å². The van der Waals surface area contributed by atoms with Gasteiger partial charge in [0.05, 0.1) is 0 Å². The van der Waals surface area contributed by atoms with Crippen LogP contribution in [0.2, 0.25) is 0 Å². The highest BCUT2D eigenvalue weighted by atomic mass is 32.1. The van der Waals surface area contributed by atoms with Gasteiger partial charge in [-0.25, -0.2) is 0 Å². The summed E-state index contributed by atoms with van der Waals surface area (Å²) in [5, 5.41) is 2.18. The predicted octanol–water partition coefficient (Wildman–Crippen LogP) is 2.47.